The monoisotopic (exact) mass is 429 g/mol. The van der Waals surface area contributed by atoms with Gasteiger partial charge >= 0.3 is 6.01 Å². The zero-order chi connectivity index (χ0) is 21.1. The molecule has 0 atom stereocenters. The van der Waals surface area contributed by atoms with Crippen LogP contribution in [0.5, 0.6) is 11.5 Å². The molecule has 0 spiro atoms. The molecule has 9 nitrogen and oxygen atoms in total. The van der Waals surface area contributed by atoms with Crippen LogP contribution in [-0.2, 0) is 16.3 Å². The standard InChI is InChI=1S/C20H19N3O6S/c1-2-30(25,26)15-6-4-14(5-7-15)19(24)21-20-23-22-18(29-20)12-13-3-8-16-17(11-13)28-10-9-27-16/h3-8,11H,2,9-10,12H2,1H3,(H,21,23,24). The average Bonchev–Trinajstić information content (AvgIpc) is 3.20. The summed E-state index contributed by atoms with van der Waals surface area (Å²) in [5.74, 6) is 1.20. The van der Waals surface area contributed by atoms with Crippen molar-refractivity contribution in [3.8, 4) is 11.5 Å². The number of nitrogens with zero attached hydrogens (tertiary/aromatic N) is 2. The summed E-state index contributed by atoms with van der Waals surface area (Å²) in [6, 6.07) is 11.2. The molecule has 1 amide bonds. The van der Waals surface area contributed by atoms with Crippen LogP contribution in [0.4, 0.5) is 6.01 Å². The molecule has 2 aromatic carbocycles. The fraction of sp³-hybridized carbons (Fsp3) is 0.250. The number of rotatable bonds is 6. The van der Waals surface area contributed by atoms with Crippen molar-refractivity contribution >= 4 is 21.8 Å². The van der Waals surface area contributed by atoms with Gasteiger partial charge in [0.25, 0.3) is 5.91 Å². The molecular formula is C20H19N3O6S. The van der Waals surface area contributed by atoms with Crippen molar-refractivity contribution in [2.75, 3.05) is 24.3 Å². The second-order valence-corrected chi connectivity index (χ2v) is 8.82. The molecule has 0 unspecified atom stereocenters. The van der Waals surface area contributed by atoms with Gasteiger partial charge in [0.1, 0.15) is 13.2 Å². The van der Waals surface area contributed by atoms with Crippen molar-refractivity contribution in [1.29, 1.82) is 0 Å². The number of carbonyl (C=O) groups excluding carboxylic acids is 1. The predicted molar refractivity (Wildman–Crippen MR) is 107 cm³/mol. The Morgan fingerprint density at radius 1 is 1.03 bits per heavy atom. The molecule has 10 heteroatoms. The Labute approximate surface area is 172 Å². The number of amides is 1. The van der Waals surface area contributed by atoms with Crippen LogP contribution in [0.1, 0.15) is 28.7 Å². The van der Waals surface area contributed by atoms with E-state index in [9.17, 15) is 13.2 Å². The van der Waals surface area contributed by atoms with Crippen molar-refractivity contribution in [2.24, 2.45) is 0 Å². The summed E-state index contributed by atoms with van der Waals surface area (Å²) in [5, 5.41) is 10.3. The van der Waals surface area contributed by atoms with E-state index in [4.69, 9.17) is 13.9 Å². The van der Waals surface area contributed by atoms with Gasteiger partial charge in [-0.3, -0.25) is 10.1 Å². The molecule has 1 aromatic heterocycles. The van der Waals surface area contributed by atoms with Crippen LogP contribution in [0.3, 0.4) is 0 Å². The number of sulfone groups is 1. The van der Waals surface area contributed by atoms with Crippen LogP contribution < -0.4 is 14.8 Å². The molecule has 2 heterocycles. The van der Waals surface area contributed by atoms with Crippen LogP contribution in [0.2, 0.25) is 0 Å². The highest BCUT2D eigenvalue weighted by atomic mass is 32.2. The van der Waals surface area contributed by atoms with Crippen LogP contribution in [0.25, 0.3) is 0 Å². The molecule has 0 fully saturated rings. The number of carbonyl (C=O) groups is 1. The van der Waals surface area contributed by atoms with E-state index in [0.29, 0.717) is 37.0 Å². The lowest BCUT2D eigenvalue weighted by Crippen LogP contribution is -2.15. The van der Waals surface area contributed by atoms with Crippen molar-refractivity contribution in [2.45, 2.75) is 18.2 Å². The summed E-state index contributed by atoms with van der Waals surface area (Å²) < 4.78 is 40.3. The van der Waals surface area contributed by atoms with Gasteiger partial charge in [-0.15, -0.1) is 5.10 Å². The average molecular weight is 429 g/mol. The first-order valence-electron chi connectivity index (χ1n) is 9.29. The van der Waals surface area contributed by atoms with Gasteiger partial charge in [-0.25, -0.2) is 8.42 Å². The summed E-state index contributed by atoms with van der Waals surface area (Å²) in [7, 11) is -3.32. The minimum absolute atomic E-state index is 0.00727. The normalized spacial score (nSPS) is 13.1. The van der Waals surface area contributed by atoms with Crippen LogP contribution in [0, 0.1) is 0 Å². The van der Waals surface area contributed by atoms with Gasteiger partial charge in [0, 0.05) is 5.56 Å². The summed E-state index contributed by atoms with van der Waals surface area (Å²) in [6.07, 6.45) is 0.364. The predicted octanol–water partition coefficient (Wildman–Crippen LogP) is 2.48. The van der Waals surface area contributed by atoms with Gasteiger partial charge in [-0.05, 0) is 42.0 Å². The largest absolute Gasteiger partial charge is 0.486 e. The first-order chi connectivity index (χ1) is 14.4. The maximum atomic E-state index is 12.4. The lowest BCUT2D eigenvalue weighted by Gasteiger charge is -2.18. The Morgan fingerprint density at radius 3 is 2.50 bits per heavy atom. The van der Waals surface area contributed by atoms with Crippen LogP contribution in [-0.4, -0.2) is 43.5 Å². The van der Waals surface area contributed by atoms with E-state index < -0.39 is 15.7 Å². The number of anilines is 1. The molecule has 1 aliphatic heterocycles. The number of hydrogen-bond acceptors (Lipinski definition) is 8. The fourth-order valence-electron chi connectivity index (χ4n) is 2.90. The zero-order valence-corrected chi connectivity index (χ0v) is 16.9. The van der Waals surface area contributed by atoms with E-state index >= 15 is 0 Å². The van der Waals surface area contributed by atoms with Gasteiger partial charge in [0.2, 0.25) is 5.89 Å². The smallest absolute Gasteiger partial charge is 0.322 e. The summed E-state index contributed by atoms with van der Waals surface area (Å²) >= 11 is 0. The molecule has 0 bridgehead atoms. The SMILES string of the molecule is CCS(=O)(=O)c1ccc(C(=O)Nc2nnc(Cc3ccc4c(c3)OCCO4)o2)cc1. The van der Waals surface area contributed by atoms with Crippen LogP contribution >= 0.6 is 0 Å². The minimum Gasteiger partial charge on any atom is -0.486 e. The second-order valence-electron chi connectivity index (χ2n) is 6.54. The quantitative estimate of drug-likeness (QED) is 0.634. The Morgan fingerprint density at radius 2 is 1.77 bits per heavy atom. The number of aromatic nitrogens is 2. The molecule has 0 radical (unpaired) electrons. The first kappa shape index (κ1) is 19.9. The molecule has 156 valence electrons. The number of hydrogen-bond donors (Lipinski definition) is 1. The third-order valence-corrected chi connectivity index (χ3v) is 6.26. The Hall–Kier alpha value is -3.40. The highest BCUT2D eigenvalue weighted by molar-refractivity contribution is 7.91. The zero-order valence-electron chi connectivity index (χ0n) is 16.1. The summed E-state index contributed by atoms with van der Waals surface area (Å²) in [5.41, 5.74) is 1.17. The van der Waals surface area contributed by atoms with E-state index in [-0.39, 0.29) is 22.2 Å². The van der Waals surface area contributed by atoms with E-state index in [0.717, 1.165) is 5.56 Å². The molecule has 0 saturated heterocycles. The van der Waals surface area contributed by atoms with E-state index in [1.54, 1.807) is 6.92 Å². The Balaban J connectivity index is 1.41. The molecule has 0 saturated carbocycles. The molecule has 4 rings (SSSR count). The maximum Gasteiger partial charge on any atom is 0.322 e. The molecule has 30 heavy (non-hydrogen) atoms. The molecule has 1 aliphatic rings. The fourth-order valence-corrected chi connectivity index (χ4v) is 3.78. The third kappa shape index (κ3) is 4.28. The van der Waals surface area contributed by atoms with Gasteiger partial charge in [-0.2, -0.15) is 0 Å². The number of ether oxygens (including phenoxy) is 2. The van der Waals surface area contributed by atoms with Crippen LogP contribution in [0.15, 0.2) is 51.8 Å². The maximum absolute atomic E-state index is 12.4. The second kappa shape index (κ2) is 8.15. The lowest BCUT2D eigenvalue weighted by molar-refractivity contribution is 0.102. The summed E-state index contributed by atoms with van der Waals surface area (Å²) in [6.45, 7) is 2.59. The Kier molecular flexibility index (Phi) is 5.40. The number of benzene rings is 2. The van der Waals surface area contributed by atoms with E-state index in [1.165, 1.54) is 24.3 Å². The molecule has 3 aromatic rings. The Bertz CT molecular complexity index is 1170. The number of nitrogens with one attached hydrogen (secondary N) is 1. The van der Waals surface area contributed by atoms with Crippen molar-refractivity contribution in [1.82, 2.24) is 10.2 Å². The summed E-state index contributed by atoms with van der Waals surface area (Å²) in [4.78, 5) is 12.5. The van der Waals surface area contributed by atoms with E-state index in [1.807, 2.05) is 18.2 Å². The molecular weight excluding hydrogens is 410 g/mol. The first-order valence-corrected chi connectivity index (χ1v) is 10.9. The van der Waals surface area contributed by atoms with Crippen molar-refractivity contribution in [3.63, 3.8) is 0 Å². The van der Waals surface area contributed by atoms with E-state index in [2.05, 4.69) is 15.5 Å². The number of fused-ring (bicyclic) bond motifs is 1. The molecule has 0 aliphatic carbocycles. The minimum atomic E-state index is -3.32. The van der Waals surface area contributed by atoms with Crippen molar-refractivity contribution in [3.05, 3.63) is 59.5 Å². The molecule has 1 N–H and O–H groups in total. The lowest BCUT2D eigenvalue weighted by atomic mass is 10.1. The van der Waals surface area contributed by atoms with Gasteiger partial charge < -0.3 is 13.9 Å². The van der Waals surface area contributed by atoms with Gasteiger partial charge in [0.05, 0.1) is 17.1 Å². The highest BCUT2D eigenvalue weighted by Crippen LogP contribution is 2.31. The van der Waals surface area contributed by atoms with Crippen molar-refractivity contribution < 1.29 is 27.1 Å². The highest BCUT2D eigenvalue weighted by Gasteiger charge is 2.16. The topological polar surface area (TPSA) is 121 Å². The van der Waals surface area contributed by atoms with Gasteiger partial charge in [0.15, 0.2) is 21.3 Å². The van der Waals surface area contributed by atoms with Gasteiger partial charge in [-0.1, -0.05) is 18.1 Å². The third-order valence-electron chi connectivity index (χ3n) is 4.50.